The predicted molar refractivity (Wildman–Crippen MR) is 93.5 cm³/mol. The first-order chi connectivity index (χ1) is 14.0. The number of hydrogen-bond acceptors (Lipinski definition) is 12. The number of ether oxygens (including phenoxy) is 2. The van der Waals surface area contributed by atoms with Crippen molar-refractivity contribution in [2.24, 2.45) is 0 Å². The maximum Gasteiger partial charge on any atom is 0.490 e. The molecule has 7 N–H and O–H groups in total. The lowest BCUT2D eigenvalue weighted by atomic mass is 10.1. The van der Waals surface area contributed by atoms with Gasteiger partial charge in [-0.1, -0.05) is 0 Å². The SMILES string of the molecule is CO[C@]1(COP(=O)(O)OP(=O)(O)OP(=O)(O)O)O[C@@H](n2ccc(N)nc2=O)[C@H](F)[C@@H]1O. The first kappa shape index (κ1) is 26.2. The van der Waals surface area contributed by atoms with E-state index in [-0.39, 0.29) is 5.82 Å². The Kier molecular flexibility index (Phi) is 7.62. The largest absolute Gasteiger partial charge is 0.490 e. The van der Waals surface area contributed by atoms with Crippen LogP contribution in [0.2, 0.25) is 0 Å². The highest BCUT2D eigenvalue weighted by Gasteiger charge is 2.58. The molecular formula is C10H17FN3O14P3. The normalized spacial score (nSPS) is 30.6. The summed E-state index contributed by atoms with van der Waals surface area (Å²) in [5.41, 5.74) is 4.25. The number of aliphatic hydroxyl groups is 1. The first-order valence-electron chi connectivity index (χ1n) is 7.69. The molecule has 31 heavy (non-hydrogen) atoms. The van der Waals surface area contributed by atoms with Gasteiger partial charge in [0.15, 0.2) is 12.4 Å². The summed E-state index contributed by atoms with van der Waals surface area (Å²) in [5.74, 6) is -2.74. The lowest BCUT2D eigenvalue weighted by molar-refractivity contribution is -0.267. The van der Waals surface area contributed by atoms with Gasteiger partial charge >= 0.3 is 29.2 Å². The quantitative estimate of drug-likeness (QED) is 0.210. The molecule has 1 aromatic rings. The Morgan fingerprint density at radius 2 is 1.87 bits per heavy atom. The number of phosphoric acid groups is 3. The number of aromatic nitrogens is 2. The number of nitrogen functional groups attached to an aromatic ring is 1. The smallest absolute Gasteiger partial charge is 0.384 e. The van der Waals surface area contributed by atoms with Crippen LogP contribution in [0, 0.1) is 0 Å². The third kappa shape index (κ3) is 6.46. The highest BCUT2D eigenvalue weighted by atomic mass is 31.3. The zero-order valence-corrected chi connectivity index (χ0v) is 17.9. The topological polar surface area (TPSA) is 259 Å². The summed E-state index contributed by atoms with van der Waals surface area (Å²) >= 11 is 0. The monoisotopic (exact) mass is 515 g/mol. The zero-order chi connectivity index (χ0) is 23.8. The molecule has 0 amide bonds. The van der Waals surface area contributed by atoms with Crippen molar-refractivity contribution in [2.75, 3.05) is 19.5 Å². The second-order valence-electron chi connectivity index (χ2n) is 5.82. The molecule has 1 fully saturated rings. The van der Waals surface area contributed by atoms with E-state index in [4.69, 9.17) is 29.9 Å². The van der Waals surface area contributed by atoms with Crippen LogP contribution in [-0.4, -0.2) is 66.0 Å². The number of anilines is 1. The van der Waals surface area contributed by atoms with Crippen molar-refractivity contribution in [1.82, 2.24) is 9.55 Å². The van der Waals surface area contributed by atoms with E-state index in [0.29, 0.717) is 4.57 Å². The Labute approximate surface area is 171 Å². The van der Waals surface area contributed by atoms with Crippen LogP contribution >= 0.6 is 23.5 Å². The number of nitrogens with two attached hydrogens (primary N) is 1. The van der Waals surface area contributed by atoms with Gasteiger partial charge in [-0.25, -0.2) is 22.9 Å². The number of rotatable bonds is 9. The van der Waals surface area contributed by atoms with Crippen LogP contribution in [0.1, 0.15) is 6.23 Å². The first-order valence-corrected chi connectivity index (χ1v) is 12.2. The molecule has 1 saturated heterocycles. The molecule has 0 bridgehead atoms. The summed E-state index contributed by atoms with van der Waals surface area (Å²) in [7, 11) is -16.2. The lowest BCUT2D eigenvalue weighted by Gasteiger charge is -2.30. The van der Waals surface area contributed by atoms with E-state index in [1.165, 1.54) is 0 Å². The molecule has 1 aliphatic rings. The van der Waals surface area contributed by atoms with Gasteiger partial charge in [-0.05, 0) is 6.07 Å². The molecule has 0 radical (unpaired) electrons. The molecule has 0 saturated carbocycles. The number of halogens is 1. The number of alkyl halides is 1. The molecule has 178 valence electrons. The maximum atomic E-state index is 14.6. The average molecular weight is 515 g/mol. The second-order valence-corrected chi connectivity index (χ2v) is 10.2. The van der Waals surface area contributed by atoms with E-state index in [2.05, 4.69) is 18.1 Å². The number of aliphatic hydroxyl groups excluding tert-OH is 1. The number of nitrogens with zero attached hydrogens (tertiary/aromatic N) is 2. The highest BCUT2D eigenvalue weighted by molar-refractivity contribution is 7.66. The Morgan fingerprint density at radius 1 is 1.26 bits per heavy atom. The van der Waals surface area contributed by atoms with Crippen LogP contribution in [0.4, 0.5) is 10.2 Å². The molecular weight excluding hydrogens is 498 g/mol. The van der Waals surface area contributed by atoms with Crippen LogP contribution in [0.25, 0.3) is 0 Å². The fourth-order valence-corrected chi connectivity index (χ4v) is 5.43. The number of phosphoric ester groups is 1. The molecule has 17 nitrogen and oxygen atoms in total. The van der Waals surface area contributed by atoms with E-state index in [1.807, 2.05) is 0 Å². The van der Waals surface area contributed by atoms with Gasteiger partial charge in [0.25, 0.3) is 0 Å². The van der Waals surface area contributed by atoms with E-state index >= 15 is 0 Å². The Morgan fingerprint density at radius 3 is 2.39 bits per heavy atom. The van der Waals surface area contributed by atoms with Gasteiger partial charge in [0.05, 0.1) is 0 Å². The Balaban J connectivity index is 2.20. The van der Waals surface area contributed by atoms with Crippen molar-refractivity contribution in [2.45, 2.75) is 24.3 Å². The molecule has 0 spiro atoms. The fourth-order valence-electron chi connectivity index (χ4n) is 2.39. The third-order valence-electron chi connectivity index (χ3n) is 3.66. The third-order valence-corrected chi connectivity index (χ3v) is 7.44. The van der Waals surface area contributed by atoms with Crippen LogP contribution < -0.4 is 11.4 Å². The molecule has 2 rings (SSSR count). The average Bonchev–Trinajstić information content (AvgIpc) is 2.82. The van der Waals surface area contributed by atoms with Crippen molar-refractivity contribution in [3.05, 3.63) is 22.7 Å². The maximum absolute atomic E-state index is 14.6. The van der Waals surface area contributed by atoms with Crippen LogP contribution in [0.15, 0.2) is 17.1 Å². The van der Waals surface area contributed by atoms with E-state index in [9.17, 15) is 32.9 Å². The minimum Gasteiger partial charge on any atom is -0.384 e. The highest BCUT2D eigenvalue weighted by Crippen LogP contribution is 2.66. The minimum atomic E-state index is -5.81. The Hall–Kier alpha value is -1.10. The molecule has 2 unspecified atom stereocenters. The second kappa shape index (κ2) is 9.03. The Bertz CT molecular complexity index is 1020. The van der Waals surface area contributed by atoms with Gasteiger partial charge in [0.2, 0.25) is 5.79 Å². The van der Waals surface area contributed by atoms with Gasteiger partial charge in [0, 0.05) is 13.3 Å². The molecule has 1 aliphatic heterocycles. The standard InChI is InChI=1S/C10H17FN3O14P3/c1-24-10(4-25-30(20,21)28-31(22,23)27-29(17,18)19)7(15)6(11)8(26-10)14-3-2-5(12)13-9(14)16/h2-3,6-8,15H,4H2,1H3,(H,20,21)(H,22,23)(H2,12,13,16)(H2,17,18,19)/t6-,7+,8-,10-/m1/s1. The predicted octanol–water partition coefficient (Wildman–Crippen LogP) is -1.26. The molecule has 1 aromatic heterocycles. The van der Waals surface area contributed by atoms with Gasteiger partial charge in [0.1, 0.15) is 18.5 Å². The fraction of sp³-hybridized carbons (Fsp3) is 0.600. The summed E-state index contributed by atoms with van der Waals surface area (Å²) in [6, 6.07) is 1.11. The number of methoxy groups -OCH3 is 1. The van der Waals surface area contributed by atoms with Crippen molar-refractivity contribution in [3.63, 3.8) is 0 Å². The van der Waals surface area contributed by atoms with Crippen molar-refractivity contribution < 1.29 is 65.4 Å². The van der Waals surface area contributed by atoms with Gasteiger partial charge < -0.3 is 39.9 Å². The molecule has 21 heteroatoms. The van der Waals surface area contributed by atoms with Gasteiger partial charge in [-0.2, -0.15) is 13.6 Å². The van der Waals surface area contributed by atoms with Gasteiger partial charge in [-0.3, -0.25) is 9.09 Å². The van der Waals surface area contributed by atoms with Crippen LogP contribution in [0.5, 0.6) is 0 Å². The van der Waals surface area contributed by atoms with Crippen molar-refractivity contribution in [3.8, 4) is 0 Å². The summed E-state index contributed by atoms with van der Waals surface area (Å²) in [5, 5.41) is 10.2. The summed E-state index contributed by atoms with van der Waals surface area (Å²) in [6.07, 6.45) is -5.48. The van der Waals surface area contributed by atoms with E-state index < -0.39 is 60.1 Å². The summed E-state index contributed by atoms with van der Waals surface area (Å²) in [6.45, 7) is -1.33. The van der Waals surface area contributed by atoms with Gasteiger partial charge in [-0.15, -0.1) is 0 Å². The van der Waals surface area contributed by atoms with Crippen LogP contribution in [-0.2, 0) is 36.3 Å². The van der Waals surface area contributed by atoms with E-state index in [1.54, 1.807) is 0 Å². The lowest BCUT2D eigenvalue weighted by Crippen LogP contribution is -2.47. The molecule has 2 heterocycles. The van der Waals surface area contributed by atoms with E-state index in [0.717, 1.165) is 19.4 Å². The van der Waals surface area contributed by atoms with Crippen LogP contribution in [0.3, 0.4) is 0 Å². The summed E-state index contributed by atoms with van der Waals surface area (Å²) < 4.78 is 70.4. The summed E-state index contributed by atoms with van der Waals surface area (Å²) in [4.78, 5) is 50.8. The molecule has 0 aliphatic carbocycles. The van der Waals surface area contributed by atoms with Crippen molar-refractivity contribution >= 4 is 29.3 Å². The zero-order valence-electron chi connectivity index (χ0n) is 15.2. The van der Waals surface area contributed by atoms with Crippen molar-refractivity contribution in [1.29, 1.82) is 0 Å². The molecule has 6 atom stereocenters. The molecule has 0 aromatic carbocycles. The minimum absolute atomic E-state index is 0.194. The number of hydrogen-bond donors (Lipinski definition) is 6.